The Morgan fingerprint density at radius 2 is 2.17 bits per heavy atom. The molecule has 0 heterocycles. The summed E-state index contributed by atoms with van der Waals surface area (Å²) >= 11 is 0. The zero-order chi connectivity index (χ0) is 13.1. The van der Waals surface area contributed by atoms with E-state index < -0.39 is 11.6 Å². The van der Waals surface area contributed by atoms with Crippen LogP contribution in [0.1, 0.15) is 37.8 Å². The van der Waals surface area contributed by atoms with Crippen LogP contribution >= 0.6 is 0 Å². The molecule has 0 saturated heterocycles. The van der Waals surface area contributed by atoms with Crippen molar-refractivity contribution in [1.29, 1.82) is 0 Å². The zero-order valence-electron chi connectivity index (χ0n) is 10.6. The lowest BCUT2D eigenvalue weighted by molar-refractivity contribution is 0.421. The molecule has 2 nitrogen and oxygen atoms in total. The molecule has 1 fully saturated rings. The molecule has 1 aliphatic carbocycles. The quantitative estimate of drug-likeness (QED) is 0.867. The van der Waals surface area contributed by atoms with Crippen LogP contribution in [0, 0.1) is 17.6 Å². The van der Waals surface area contributed by atoms with Crippen LogP contribution in [0.25, 0.3) is 0 Å². The maximum atomic E-state index is 13.7. The van der Waals surface area contributed by atoms with E-state index in [9.17, 15) is 8.78 Å². The van der Waals surface area contributed by atoms with Gasteiger partial charge in [-0.05, 0) is 31.2 Å². The van der Waals surface area contributed by atoms with Gasteiger partial charge in [0.15, 0.2) is 0 Å². The normalized spacial score (nSPS) is 25.3. The van der Waals surface area contributed by atoms with E-state index in [2.05, 4.69) is 12.2 Å². The number of hydrogen-bond donors (Lipinski definition) is 2. The molecule has 3 N–H and O–H groups in total. The molecule has 3 unspecified atom stereocenters. The van der Waals surface area contributed by atoms with Crippen LogP contribution in [0.5, 0.6) is 0 Å². The van der Waals surface area contributed by atoms with E-state index in [1.54, 1.807) is 0 Å². The van der Waals surface area contributed by atoms with Crippen LogP contribution in [0.15, 0.2) is 18.2 Å². The monoisotopic (exact) mass is 254 g/mol. The van der Waals surface area contributed by atoms with Gasteiger partial charge < -0.3 is 11.1 Å². The van der Waals surface area contributed by atoms with Crippen molar-refractivity contribution in [2.75, 3.05) is 6.54 Å². The molecular formula is C14H20F2N2. The Labute approximate surface area is 107 Å². The Kier molecular flexibility index (Phi) is 4.30. The van der Waals surface area contributed by atoms with Crippen molar-refractivity contribution in [1.82, 2.24) is 5.32 Å². The fourth-order valence-electron chi connectivity index (χ4n) is 2.71. The largest absolute Gasteiger partial charge is 0.329 e. The van der Waals surface area contributed by atoms with Gasteiger partial charge in [0, 0.05) is 30.3 Å². The van der Waals surface area contributed by atoms with Crippen LogP contribution in [-0.4, -0.2) is 12.6 Å². The summed E-state index contributed by atoms with van der Waals surface area (Å²) in [4.78, 5) is 0. The Balaban J connectivity index is 2.08. The standard InChI is InChI=1S/C14H20F2N2/c1-9-2-4-11(6-9)18-14(8-17)12-5-3-10(15)7-13(12)16/h3,5,7,9,11,14,18H,2,4,6,8,17H2,1H3. The first-order chi connectivity index (χ1) is 8.60. The molecule has 0 spiro atoms. The first-order valence-electron chi connectivity index (χ1n) is 6.51. The molecule has 4 heteroatoms. The van der Waals surface area contributed by atoms with Crippen molar-refractivity contribution in [3.63, 3.8) is 0 Å². The van der Waals surface area contributed by atoms with Crippen LogP contribution in [0.2, 0.25) is 0 Å². The zero-order valence-corrected chi connectivity index (χ0v) is 10.6. The van der Waals surface area contributed by atoms with Gasteiger partial charge in [0.05, 0.1) is 0 Å². The molecule has 0 amide bonds. The Morgan fingerprint density at radius 3 is 2.72 bits per heavy atom. The van der Waals surface area contributed by atoms with E-state index in [0.717, 1.165) is 18.9 Å². The SMILES string of the molecule is CC1CCC(NC(CN)c2ccc(F)cc2F)C1. The number of halogens is 2. The fraction of sp³-hybridized carbons (Fsp3) is 0.571. The van der Waals surface area contributed by atoms with Crippen molar-refractivity contribution < 1.29 is 8.78 Å². The highest BCUT2D eigenvalue weighted by atomic mass is 19.1. The topological polar surface area (TPSA) is 38.0 Å². The average Bonchev–Trinajstić information content (AvgIpc) is 2.72. The maximum Gasteiger partial charge on any atom is 0.130 e. The fourth-order valence-corrected chi connectivity index (χ4v) is 2.71. The molecule has 1 saturated carbocycles. The van der Waals surface area contributed by atoms with Gasteiger partial charge in [0.25, 0.3) is 0 Å². The Morgan fingerprint density at radius 1 is 1.39 bits per heavy atom. The number of hydrogen-bond acceptors (Lipinski definition) is 2. The van der Waals surface area contributed by atoms with Gasteiger partial charge >= 0.3 is 0 Å². The lowest BCUT2D eigenvalue weighted by Crippen LogP contribution is -2.35. The van der Waals surface area contributed by atoms with Crippen molar-refractivity contribution >= 4 is 0 Å². The first kappa shape index (κ1) is 13.4. The highest BCUT2D eigenvalue weighted by molar-refractivity contribution is 5.22. The van der Waals surface area contributed by atoms with Gasteiger partial charge in [-0.1, -0.05) is 13.0 Å². The summed E-state index contributed by atoms with van der Waals surface area (Å²) in [5.41, 5.74) is 6.16. The molecule has 1 aromatic carbocycles. The second kappa shape index (κ2) is 5.76. The third kappa shape index (κ3) is 3.06. The predicted molar refractivity (Wildman–Crippen MR) is 68.1 cm³/mol. The molecule has 18 heavy (non-hydrogen) atoms. The van der Waals surface area contributed by atoms with E-state index in [1.807, 2.05) is 0 Å². The van der Waals surface area contributed by atoms with Gasteiger partial charge in [-0.2, -0.15) is 0 Å². The molecule has 2 rings (SSSR count). The van der Waals surface area contributed by atoms with Gasteiger partial charge in [-0.15, -0.1) is 0 Å². The van der Waals surface area contributed by atoms with E-state index in [4.69, 9.17) is 5.73 Å². The summed E-state index contributed by atoms with van der Waals surface area (Å²) in [6.45, 7) is 2.53. The summed E-state index contributed by atoms with van der Waals surface area (Å²) in [6, 6.07) is 3.82. The molecule has 0 radical (unpaired) electrons. The van der Waals surface area contributed by atoms with Crippen molar-refractivity contribution in [2.24, 2.45) is 11.7 Å². The molecule has 1 aliphatic rings. The van der Waals surface area contributed by atoms with Crippen molar-refractivity contribution in [3.8, 4) is 0 Å². The molecule has 1 aromatic rings. The minimum atomic E-state index is -0.554. The number of nitrogens with one attached hydrogen (secondary N) is 1. The highest BCUT2D eigenvalue weighted by Gasteiger charge is 2.25. The van der Waals surface area contributed by atoms with Crippen LogP contribution in [0.4, 0.5) is 8.78 Å². The maximum absolute atomic E-state index is 13.7. The average molecular weight is 254 g/mol. The first-order valence-corrected chi connectivity index (χ1v) is 6.51. The minimum Gasteiger partial charge on any atom is -0.329 e. The lowest BCUT2D eigenvalue weighted by Gasteiger charge is -2.22. The van der Waals surface area contributed by atoms with E-state index in [0.29, 0.717) is 24.1 Å². The number of rotatable bonds is 4. The van der Waals surface area contributed by atoms with Gasteiger partial charge in [0.1, 0.15) is 11.6 Å². The van der Waals surface area contributed by atoms with Crippen LogP contribution < -0.4 is 11.1 Å². The summed E-state index contributed by atoms with van der Waals surface area (Å²) in [5.74, 6) is -0.371. The number of nitrogens with two attached hydrogens (primary N) is 1. The predicted octanol–water partition coefficient (Wildman–Crippen LogP) is 2.74. The van der Waals surface area contributed by atoms with Gasteiger partial charge in [-0.25, -0.2) is 8.78 Å². The Hall–Kier alpha value is -1.00. The summed E-state index contributed by atoms with van der Waals surface area (Å²) in [5, 5.41) is 3.39. The smallest absolute Gasteiger partial charge is 0.130 e. The molecule has 3 atom stereocenters. The molecular weight excluding hydrogens is 234 g/mol. The minimum absolute atomic E-state index is 0.235. The highest BCUT2D eigenvalue weighted by Crippen LogP contribution is 2.27. The summed E-state index contributed by atoms with van der Waals surface area (Å²) in [6.07, 6.45) is 3.39. The third-order valence-electron chi connectivity index (χ3n) is 3.71. The summed E-state index contributed by atoms with van der Waals surface area (Å²) in [7, 11) is 0. The molecule has 0 aliphatic heterocycles. The van der Waals surface area contributed by atoms with E-state index >= 15 is 0 Å². The van der Waals surface area contributed by atoms with Crippen LogP contribution in [0.3, 0.4) is 0 Å². The van der Waals surface area contributed by atoms with E-state index in [1.165, 1.54) is 18.6 Å². The third-order valence-corrected chi connectivity index (χ3v) is 3.71. The molecule has 100 valence electrons. The number of benzene rings is 1. The Bertz CT molecular complexity index is 409. The van der Waals surface area contributed by atoms with E-state index in [-0.39, 0.29) is 6.04 Å². The second-order valence-electron chi connectivity index (χ2n) is 5.24. The van der Waals surface area contributed by atoms with Gasteiger partial charge in [-0.3, -0.25) is 0 Å². The lowest BCUT2D eigenvalue weighted by atomic mass is 10.0. The second-order valence-corrected chi connectivity index (χ2v) is 5.24. The van der Waals surface area contributed by atoms with Crippen LogP contribution in [-0.2, 0) is 0 Å². The molecule has 0 aromatic heterocycles. The van der Waals surface area contributed by atoms with Crippen molar-refractivity contribution in [3.05, 3.63) is 35.4 Å². The van der Waals surface area contributed by atoms with Gasteiger partial charge in [0.2, 0.25) is 0 Å². The molecule has 0 bridgehead atoms. The van der Waals surface area contributed by atoms with Crippen molar-refractivity contribution in [2.45, 2.75) is 38.3 Å². The summed E-state index contributed by atoms with van der Waals surface area (Å²) < 4.78 is 26.6.